The number of phosphoric ester groups is 1. The Kier molecular flexibility index (Phi) is 15.1. The first-order chi connectivity index (χ1) is 23.8. The van der Waals surface area contributed by atoms with E-state index < -0.39 is 82.6 Å². The second-order valence-corrected chi connectivity index (χ2v) is 16.2. The molecule has 0 spiro atoms. The van der Waals surface area contributed by atoms with Gasteiger partial charge in [-0.15, -0.1) is 0 Å². The summed E-state index contributed by atoms with van der Waals surface area (Å²) in [5.74, 6) is -0.981. The number of carbonyl (C=O) groups is 2. The van der Waals surface area contributed by atoms with Gasteiger partial charge >= 0.3 is 27.6 Å². The summed E-state index contributed by atoms with van der Waals surface area (Å²) in [5.41, 5.74) is 3.94. The van der Waals surface area contributed by atoms with Crippen LogP contribution in [0.3, 0.4) is 0 Å². The van der Waals surface area contributed by atoms with Gasteiger partial charge in [0.2, 0.25) is 5.95 Å². The lowest BCUT2D eigenvalue weighted by molar-refractivity contribution is -0.146. The van der Waals surface area contributed by atoms with Gasteiger partial charge in [0.1, 0.15) is 30.0 Å². The lowest BCUT2D eigenvalue weighted by atomic mass is 9.99. The Balaban J connectivity index is 1.69. The van der Waals surface area contributed by atoms with Crippen LogP contribution in [0.1, 0.15) is 73.5 Å². The lowest BCUT2D eigenvalue weighted by Crippen LogP contribution is -2.37. The molecule has 290 valence electrons. The van der Waals surface area contributed by atoms with E-state index in [-0.39, 0.29) is 36.2 Å². The van der Waals surface area contributed by atoms with Gasteiger partial charge in [-0.25, -0.2) is 24.0 Å². The van der Waals surface area contributed by atoms with Crippen LogP contribution in [-0.4, -0.2) is 103 Å². The Hall–Kier alpha value is -2.97. The number of aliphatic hydroxyl groups is 2. The van der Waals surface area contributed by atoms with Crippen LogP contribution < -0.4 is 21.7 Å². The molecule has 3 unspecified atom stereocenters. The highest BCUT2D eigenvalue weighted by Crippen LogP contribution is 2.61. The number of nitrogens with one attached hydrogen (secondary N) is 3. The van der Waals surface area contributed by atoms with E-state index >= 15 is 0 Å². The fourth-order valence-corrected chi connectivity index (χ4v) is 7.99. The van der Waals surface area contributed by atoms with E-state index in [1.54, 1.807) is 20.8 Å². The number of hydrogen-bond acceptors (Lipinski definition) is 16. The number of imidazole rings is 1. The van der Waals surface area contributed by atoms with Crippen LogP contribution >= 0.6 is 15.6 Å². The molecule has 0 aromatic carbocycles. The number of esters is 1. The minimum absolute atomic E-state index is 0.0746. The maximum Gasteiger partial charge on any atom is 0.480 e. The number of amides is 1. The van der Waals surface area contributed by atoms with Gasteiger partial charge in [-0.3, -0.25) is 28.2 Å². The molecule has 0 radical (unpaired) electrons. The Bertz CT molecular complexity index is 1630. The van der Waals surface area contributed by atoms with Crippen molar-refractivity contribution in [1.29, 1.82) is 0 Å². The fraction of sp³-hybridized carbons (Fsp3) is 0.750. The average molecular weight is 770 g/mol. The normalized spacial score (nSPS) is 22.4. The number of H-pyrrole nitrogens is 1. The van der Waals surface area contributed by atoms with Crippen LogP contribution in [0.2, 0.25) is 0 Å². The van der Waals surface area contributed by atoms with Crippen molar-refractivity contribution in [3.05, 3.63) is 16.7 Å². The molecule has 1 fully saturated rings. The predicted molar refractivity (Wildman–Crippen MR) is 180 cm³/mol. The first-order valence-corrected chi connectivity index (χ1v) is 19.4. The van der Waals surface area contributed by atoms with Crippen molar-refractivity contribution in [2.75, 3.05) is 32.1 Å². The summed E-state index contributed by atoms with van der Waals surface area (Å²) in [6, 6.07) is -1.37. The number of fused-ring (bicyclic) bond motifs is 1. The maximum absolute atomic E-state index is 13.8. The van der Waals surface area contributed by atoms with Gasteiger partial charge in [-0.2, -0.15) is 9.29 Å². The van der Waals surface area contributed by atoms with Crippen molar-refractivity contribution in [3.8, 4) is 0 Å². The summed E-state index contributed by atoms with van der Waals surface area (Å²) < 4.78 is 59.3. The number of ether oxygens (including phenoxy) is 3. The van der Waals surface area contributed by atoms with Crippen molar-refractivity contribution in [1.82, 2.24) is 29.9 Å². The molecule has 0 aliphatic carbocycles. The topological polar surface area (TPSA) is 298 Å². The Morgan fingerprint density at radius 2 is 1.82 bits per heavy atom. The summed E-state index contributed by atoms with van der Waals surface area (Å²) in [6.45, 7) is 8.61. The number of rotatable bonds is 19. The molecule has 1 aliphatic rings. The smallest absolute Gasteiger partial charge is 0.464 e. The highest BCUT2D eigenvalue weighted by atomic mass is 31.3. The summed E-state index contributed by atoms with van der Waals surface area (Å²) in [6.07, 6.45) is -2.51. The van der Waals surface area contributed by atoms with Crippen molar-refractivity contribution >= 4 is 44.7 Å². The quantitative estimate of drug-likeness (QED) is 0.0609. The van der Waals surface area contributed by atoms with Crippen LogP contribution in [0.25, 0.3) is 11.2 Å². The van der Waals surface area contributed by atoms with E-state index in [2.05, 4.69) is 25.4 Å². The van der Waals surface area contributed by atoms with Gasteiger partial charge in [0, 0.05) is 6.54 Å². The summed E-state index contributed by atoms with van der Waals surface area (Å²) in [5, 5.41) is 25.9. The third-order valence-corrected chi connectivity index (χ3v) is 10.7. The molecule has 3 rings (SSSR count). The number of phosphoric acid groups is 1. The van der Waals surface area contributed by atoms with Gasteiger partial charge in [0.15, 0.2) is 17.4 Å². The number of alkyl carbamates (subject to hydrolysis) is 1. The zero-order valence-electron chi connectivity index (χ0n) is 29.3. The predicted octanol–water partition coefficient (Wildman–Crippen LogP) is 1.84. The van der Waals surface area contributed by atoms with Gasteiger partial charge in [0.05, 0.1) is 26.1 Å². The number of nitrogens with zero attached hydrogens (tertiary/aromatic N) is 3. The van der Waals surface area contributed by atoms with E-state index in [4.69, 9.17) is 33.3 Å². The highest BCUT2D eigenvalue weighted by molar-refractivity contribution is 7.63. The fourth-order valence-electron chi connectivity index (χ4n) is 5.01. The minimum atomic E-state index is -5.36. The van der Waals surface area contributed by atoms with Crippen LogP contribution in [0, 0.1) is 5.92 Å². The third kappa shape index (κ3) is 12.6. The maximum atomic E-state index is 13.8. The second-order valence-electron chi connectivity index (χ2n) is 12.9. The molecule has 3 heterocycles. The van der Waals surface area contributed by atoms with Crippen LogP contribution in [0.4, 0.5) is 10.7 Å². The molecule has 7 atom stereocenters. The summed E-state index contributed by atoms with van der Waals surface area (Å²) in [7, 11) is -10.3. The molecular weight excluding hydrogens is 720 g/mol. The molecule has 21 nitrogen and oxygen atoms in total. The highest BCUT2D eigenvalue weighted by Gasteiger charge is 2.47. The first kappa shape index (κ1) is 42.4. The van der Waals surface area contributed by atoms with Crippen molar-refractivity contribution in [2.45, 2.75) is 103 Å². The van der Waals surface area contributed by atoms with E-state index in [1.807, 2.05) is 13.8 Å². The molecule has 2 aromatic rings. The Morgan fingerprint density at radius 3 is 2.45 bits per heavy atom. The summed E-state index contributed by atoms with van der Waals surface area (Å²) in [4.78, 5) is 57.7. The number of hydrogen-bond donors (Lipinski definition) is 7. The van der Waals surface area contributed by atoms with Gasteiger partial charge in [-0.1, -0.05) is 26.7 Å². The zero-order valence-corrected chi connectivity index (χ0v) is 31.1. The molecule has 1 amide bonds. The summed E-state index contributed by atoms with van der Waals surface area (Å²) >= 11 is 0. The molecular formula is C28H49N7O14P2. The van der Waals surface area contributed by atoms with Crippen LogP contribution in [0.5, 0.6) is 0 Å². The standard InChI is InChI=1S/C28H49N7O14P2/c1-7-9-17(10-8-2)13-44-25(39)16(3)34-50(41,45-12-11-30-27(40)48-28(4,5)6)49-51(42,43)46-14-18-20(36)21(37)24(47-18)35-15-31-19-22(35)32-26(29)33-23(19)38/h15-18,20-21,24,36-37H,7-14H2,1-6H3,(H,30,40)(H,34,41)(H,42,43)(H3,29,32,33,38)/t16?,18-,20-,21-,24-,50?/m1/s1. The van der Waals surface area contributed by atoms with E-state index in [1.165, 1.54) is 6.92 Å². The number of nitrogen functional groups attached to an aromatic ring is 1. The Morgan fingerprint density at radius 1 is 1.16 bits per heavy atom. The van der Waals surface area contributed by atoms with Crippen LogP contribution in [-0.2, 0) is 41.5 Å². The Labute approximate surface area is 294 Å². The van der Waals surface area contributed by atoms with Gasteiger partial charge < -0.3 is 40.4 Å². The number of aromatic nitrogens is 4. The number of aromatic amines is 1. The zero-order chi connectivity index (χ0) is 38.1. The average Bonchev–Trinajstić information content (AvgIpc) is 3.56. The lowest BCUT2D eigenvalue weighted by Gasteiger charge is -2.25. The van der Waals surface area contributed by atoms with E-state index in [0.29, 0.717) is 0 Å². The number of aliphatic hydroxyl groups excluding tert-OH is 2. The van der Waals surface area contributed by atoms with Crippen molar-refractivity contribution in [2.24, 2.45) is 5.92 Å². The largest absolute Gasteiger partial charge is 0.480 e. The molecule has 23 heteroatoms. The number of nitrogens with two attached hydrogens (primary N) is 1. The van der Waals surface area contributed by atoms with Gasteiger partial charge in [0.25, 0.3) is 5.56 Å². The number of carbonyl (C=O) groups excluding carboxylic acids is 2. The molecule has 51 heavy (non-hydrogen) atoms. The van der Waals surface area contributed by atoms with Crippen molar-refractivity contribution in [3.63, 3.8) is 0 Å². The molecule has 2 aromatic heterocycles. The molecule has 1 saturated heterocycles. The van der Waals surface area contributed by atoms with E-state index in [9.17, 15) is 38.6 Å². The third-order valence-electron chi connectivity index (χ3n) is 7.27. The first-order valence-electron chi connectivity index (χ1n) is 16.4. The molecule has 1 aliphatic heterocycles. The molecule has 8 N–H and O–H groups in total. The monoisotopic (exact) mass is 769 g/mol. The minimum Gasteiger partial charge on any atom is -0.464 e. The SMILES string of the molecule is CCCC(CCC)COC(=O)C(C)NP(=O)(OCCNC(=O)OC(C)(C)C)OP(=O)(O)OC[C@H]1O[C@@H](n2cnc3c(=O)[nH]c(N)nc32)[C@H](O)[C@@H]1O. The van der Waals surface area contributed by atoms with Crippen LogP contribution in [0.15, 0.2) is 11.1 Å². The van der Waals surface area contributed by atoms with Crippen molar-refractivity contribution < 1.29 is 61.4 Å². The number of anilines is 1. The molecule has 0 saturated carbocycles. The second kappa shape index (κ2) is 18.2. The molecule has 0 bridgehead atoms. The van der Waals surface area contributed by atoms with Gasteiger partial charge in [-0.05, 0) is 46.5 Å². The van der Waals surface area contributed by atoms with E-state index in [0.717, 1.165) is 36.6 Å².